The first kappa shape index (κ1) is 14.9. The van der Waals surface area contributed by atoms with Crippen molar-refractivity contribution >= 4 is 33.1 Å². The number of aromatic nitrogens is 1. The van der Waals surface area contributed by atoms with Crippen molar-refractivity contribution in [3.05, 3.63) is 59.6 Å². The Kier molecular flexibility index (Phi) is 3.16. The van der Waals surface area contributed by atoms with Gasteiger partial charge >= 0.3 is 0 Å². The van der Waals surface area contributed by atoms with Crippen molar-refractivity contribution in [1.82, 2.24) is 4.98 Å². The maximum atomic E-state index is 5.95. The lowest BCUT2D eigenvalue weighted by Crippen LogP contribution is -2.17. The predicted octanol–water partition coefficient (Wildman–Crippen LogP) is 4.43. The molecule has 0 N–H and O–H groups in total. The topological polar surface area (TPSA) is 37.5 Å². The highest BCUT2D eigenvalue weighted by molar-refractivity contribution is 7.18. The Balaban J connectivity index is 1.56. The summed E-state index contributed by atoms with van der Waals surface area (Å²) in [5.74, 6) is 0.845. The Morgan fingerprint density at radius 1 is 1.04 bits per heavy atom. The fourth-order valence-corrected chi connectivity index (χ4v) is 4.54. The second-order valence-electron chi connectivity index (χ2n) is 7.20. The molecule has 2 aromatic carbocycles. The number of nitrogens with zero attached hydrogens (tertiary/aromatic N) is 3. The van der Waals surface area contributed by atoms with Gasteiger partial charge in [-0.05, 0) is 38.1 Å². The molecule has 2 unspecified atom stereocenters. The van der Waals surface area contributed by atoms with E-state index in [0.29, 0.717) is 6.61 Å². The van der Waals surface area contributed by atoms with Crippen LogP contribution in [0.15, 0.2) is 59.6 Å². The second kappa shape index (κ2) is 5.30. The molecule has 5 heteroatoms. The third-order valence-electron chi connectivity index (χ3n) is 4.67. The van der Waals surface area contributed by atoms with Crippen LogP contribution in [0.5, 0.6) is 0 Å². The normalized spacial score (nSPS) is 24.2. The Morgan fingerprint density at radius 2 is 1.80 bits per heavy atom. The van der Waals surface area contributed by atoms with Gasteiger partial charge in [0.25, 0.3) is 0 Å². The summed E-state index contributed by atoms with van der Waals surface area (Å²) < 4.78 is 7.18. The Morgan fingerprint density at radius 3 is 2.52 bits per heavy atom. The van der Waals surface area contributed by atoms with Crippen molar-refractivity contribution in [2.45, 2.75) is 31.5 Å². The van der Waals surface area contributed by atoms with Gasteiger partial charge in [0.2, 0.25) is 5.90 Å². The molecular weight excluding hydrogens is 330 g/mol. The summed E-state index contributed by atoms with van der Waals surface area (Å²) in [6, 6.07) is 19.1. The molecule has 1 saturated heterocycles. The van der Waals surface area contributed by atoms with Gasteiger partial charge in [-0.3, -0.25) is 0 Å². The van der Waals surface area contributed by atoms with Gasteiger partial charge in [-0.15, -0.1) is 11.3 Å². The molecule has 0 saturated carbocycles. The molecule has 3 aromatic rings. The van der Waals surface area contributed by atoms with Crippen LogP contribution >= 0.6 is 11.3 Å². The maximum Gasteiger partial charge on any atom is 0.210 e. The predicted molar refractivity (Wildman–Crippen MR) is 103 cm³/mol. The minimum Gasteiger partial charge on any atom is -0.477 e. The summed E-state index contributed by atoms with van der Waals surface area (Å²) in [7, 11) is 0. The van der Waals surface area contributed by atoms with Crippen molar-refractivity contribution in [2.24, 2.45) is 4.99 Å². The average Bonchev–Trinajstić information content (AvgIpc) is 3.03. The monoisotopic (exact) mass is 349 g/mol. The SMILES string of the molecule is CC1(C)COC(C2C(c3nc4ccccc4s3)N2c2ccccc2)=N1. The second-order valence-corrected chi connectivity index (χ2v) is 8.27. The van der Waals surface area contributed by atoms with E-state index in [2.05, 4.69) is 61.2 Å². The number of anilines is 1. The highest BCUT2D eigenvalue weighted by Crippen LogP contribution is 2.50. The molecule has 2 aliphatic heterocycles. The molecule has 4 nitrogen and oxygen atoms in total. The molecule has 3 heterocycles. The average molecular weight is 349 g/mol. The molecule has 0 radical (unpaired) electrons. The highest BCUT2D eigenvalue weighted by Gasteiger charge is 2.56. The molecule has 2 atom stereocenters. The van der Waals surface area contributed by atoms with E-state index in [1.54, 1.807) is 11.3 Å². The van der Waals surface area contributed by atoms with Crippen LogP contribution in [0.4, 0.5) is 5.69 Å². The number of rotatable bonds is 3. The van der Waals surface area contributed by atoms with Crippen LogP contribution in [0.2, 0.25) is 0 Å². The van der Waals surface area contributed by atoms with Gasteiger partial charge in [-0.25, -0.2) is 9.98 Å². The van der Waals surface area contributed by atoms with Crippen LogP contribution in [0.1, 0.15) is 24.9 Å². The lowest BCUT2D eigenvalue weighted by molar-refractivity contribution is 0.275. The van der Waals surface area contributed by atoms with E-state index in [9.17, 15) is 0 Å². The van der Waals surface area contributed by atoms with Gasteiger partial charge in [0.1, 0.15) is 23.7 Å². The first-order valence-electron chi connectivity index (χ1n) is 8.54. The molecule has 1 fully saturated rings. The van der Waals surface area contributed by atoms with Crippen molar-refractivity contribution in [2.75, 3.05) is 11.5 Å². The van der Waals surface area contributed by atoms with Crippen LogP contribution in [0.25, 0.3) is 10.2 Å². The van der Waals surface area contributed by atoms with Crippen molar-refractivity contribution in [3.63, 3.8) is 0 Å². The largest absolute Gasteiger partial charge is 0.477 e. The number of hydrogen-bond acceptors (Lipinski definition) is 5. The molecule has 2 aliphatic rings. The zero-order valence-corrected chi connectivity index (χ0v) is 15.0. The standard InChI is InChI=1S/C20H19N3OS/c1-20(2)12-24-18(22-20)16-17(23(16)13-8-4-3-5-9-13)19-21-14-10-6-7-11-15(14)25-19/h3-11,16-17H,12H2,1-2H3. The van der Waals surface area contributed by atoms with E-state index in [-0.39, 0.29) is 17.6 Å². The molecule has 0 aliphatic carbocycles. The fourth-order valence-electron chi connectivity index (χ4n) is 3.44. The Bertz CT molecular complexity index is 930. The lowest BCUT2D eigenvalue weighted by atomic mass is 10.1. The summed E-state index contributed by atoms with van der Waals surface area (Å²) in [6.45, 7) is 4.87. The summed E-state index contributed by atoms with van der Waals surface area (Å²) in [5, 5.41) is 1.13. The lowest BCUT2D eigenvalue weighted by Gasteiger charge is -2.07. The summed E-state index contributed by atoms with van der Waals surface area (Å²) in [5.41, 5.74) is 2.11. The first-order chi connectivity index (χ1) is 12.1. The number of thiazole rings is 1. The van der Waals surface area contributed by atoms with E-state index < -0.39 is 0 Å². The van der Waals surface area contributed by atoms with Gasteiger partial charge < -0.3 is 9.64 Å². The number of fused-ring (bicyclic) bond motifs is 1. The van der Waals surface area contributed by atoms with Gasteiger partial charge in [-0.1, -0.05) is 30.3 Å². The van der Waals surface area contributed by atoms with Crippen LogP contribution in [-0.4, -0.2) is 29.1 Å². The summed E-state index contributed by atoms with van der Waals surface area (Å²) in [6.07, 6.45) is 0. The summed E-state index contributed by atoms with van der Waals surface area (Å²) in [4.78, 5) is 12.1. The van der Waals surface area contributed by atoms with Crippen molar-refractivity contribution in [1.29, 1.82) is 0 Å². The number of para-hydroxylation sites is 2. The number of ether oxygens (including phenoxy) is 1. The van der Waals surface area contributed by atoms with Crippen molar-refractivity contribution < 1.29 is 4.74 Å². The third kappa shape index (κ3) is 2.50. The highest BCUT2D eigenvalue weighted by atomic mass is 32.1. The maximum absolute atomic E-state index is 5.95. The number of aliphatic imine (C=N–C) groups is 1. The van der Waals surface area contributed by atoms with Crippen LogP contribution < -0.4 is 4.90 Å². The van der Waals surface area contributed by atoms with E-state index >= 15 is 0 Å². The van der Waals surface area contributed by atoms with Crippen LogP contribution in [-0.2, 0) is 4.74 Å². The summed E-state index contributed by atoms with van der Waals surface area (Å²) >= 11 is 1.77. The molecule has 5 rings (SSSR count). The zero-order valence-electron chi connectivity index (χ0n) is 14.2. The Labute approximate surface area is 150 Å². The molecule has 25 heavy (non-hydrogen) atoms. The zero-order chi connectivity index (χ0) is 17.0. The number of benzene rings is 2. The van der Waals surface area contributed by atoms with E-state index in [4.69, 9.17) is 14.7 Å². The van der Waals surface area contributed by atoms with Gasteiger partial charge in [0.15, 0.2) is 0 Å². The van der Waals surface area contributed by atoms with E-state index in [0.717, 1.165) is 16.4 Å². The van der Waals surface area contributed by atoms with Gasteiger partial charge in [-0.2, -0.15) is 0 Å². The molecule has 0 bridgehead atoms. The minimum atomic E-state index is -0.140. The quantitative estimate of drug-likeness (QED) is 0.656. The van der Waals surface area contributed by atoms with E-state index in [1.165, 1.54) is 10.4 Å². The smallest absolute Gasteiger partial charge is 0.210 e. The van der Waals surface area contributed by atoms with Crippen LogP contribution in [0.3, 0.4) is 0 Å². The molecule has 0 spiro atoms. The fraction of sp³-hybridized carbons (Fsp3) is 0.300. The van der Waals surface area contributed by atoms with Crippen molar-refractivity contribution in [3.8, 4) is 0 Å². The van der Waals surface area contributed by atoms with Gasteiger partial charge in [0, 0.05) is 5.69 Å². The molecule has 1 aromatic heterocycles. The first-order valence-corrected chi connectivity index (χ1v) is 9.35. The Hall–Kier alpha value is -2.40. The van der Waals surface area contributed by atoms with Gasteiger partial charge in [0.05, 0.1) is 15.8 Å². The molecule has 0 amide bonds. The minimum absolute atomic E-state index is 0.140. The third-order valence-corrected chi connectivity index (χ3v) is 5.77. The van der Waals surface area contributed by atoms with Crippen LogP contribution in [0, 0.1) is 0 Å². The van der Waals surface area contributed by atoms with E-state index in [1.807, 2.05) is 12.1 Å². The molecule has 126 valence electrons. The molecular formula is C20H19N3OS. The number of hydrogen-bond donors (Lipinski definition) is 0.